The molecule has 0 amide bonds. The number of hydrogen-bond donors (Lipinski definition) is 1. The summed E-state index contributed by atoms with van der Waals surface area (Å²) in [5.41, 5.74) is 2.91. The Kier molecular flexibility index (Phi) is 4.47. The summed E-state index contributed by atoms with van der Waals surface area (Å²) in [4.78, 5) is 4.72. The number of aryl methyl sites for hydroxylation is 2. The topological polar surface area (TPSA) is 85.1 Å². The number of para-hydroxylation sites is 1. The predicted molar refractivity (Wildman–Crippen MR) is 102 cm³/mol. The first-order valence-corrected chi connectivity index (χ1v) is 10.4. The van der Waals surface area contributed by atoms with Crippen molar-refractivity contribution in [3.63, 3.8) is 0 Å². The van der Waals surface area contributed by atoms with Crippen LogP contribution in [0.3, 0.4) is 0 Å². The van der Waals surface area contributed by atoms with Crippen LogP contribution in [0, 0.1) is 13.8 Å². The third-order valence-corrected chi connectivity index (χ3v) is 6.17. The van der Waals surface area contributed by atoms with E-state index in [0.29, 0.717) is 29.5 Å². The Morgan fingerprint density at radius 2 is 1.93 bits per heavy atom. The molecule has 0 bridgehead atoms. The average Bonchev–Trinajstić information content (AvgIpc) is 3.38. The Labute approximate surface area is 158 Å². The summed E-state index contributed by atoms with van der Waals surface area (Å²) in [6, 6.07) is 12.7. The lowest BCUT2D eigenvalue weighted by molar-refractivity contribution is 0.379. The highest BCUT2D eigenvalue weighted by Gasteiger charge is 2.29. The molecule has 140 valence electrons. The Hall–Kier alpha value is -2.67. The van der Waals surface area contributed by atoms with Crippen LogP contribution in [0.2, 0.25) is 0 Å². The Morgan fingerprint density at radius 3 is 2.70 bits per heavy atom. The predicted octanol–water partition coefficient (Wildman–Crippen LogP) is 3.96. The van der Waals surface area contributed by atoms with Crippen LogP contribution in [0.15, 0.2) is 51.9 Å². The molecule has 1 aliphatic carbocycles. The van der Waals surface area contributed by atoms with Crippen molar-refractivity contribution in [2.24, 2.45) is 0 Å². The highest BCUT2D eigenvalue weighted by molar-refractivity contribution is 7.92. The second-order valence-electron chi connectivity index (χ2n) is 7.03. The molecule has 0 aliphatic heterocycles. The smallest absolute Gasteiger partial charge is 0.262 e. The molecule has 1 aromatic heterocycles. The molecule has 4 rings (SSSR count). The number of hydrogen-bond acceptors (Lipinski definition) is 5. The minimum absolute atomic E-state index is 0.283. The van der Waals surface area contributed by atoms with Crippen molar-refractivity contribution in [2.45, 2.75) is 43.9 Å². The molecule has 1 aliphatic rings. The SMILES string of the molecule is Cc1ccc(C)c(S(=O)(=O)Nc2ccccc2Cc2nc(C3CC3)no2)c1. The fourth-order valence-electron chi connectivity index (χ4n) is 2.98. The summed E-state index contributed by atoms with van der Waals surface area (Å²) in [6.45, 7) is 3.66. The molecule has 1 heterocycles. The number of anilines is 1. The van der Waals surface area contributed by atoms with E-state index in [4.69, 9.17) is 4.52 Å². The zero-order valence-corrected chi connectivity index (χ0v) is 16.1. The molecule has 0 spiro atoms. The highest BCUT2D eigenvalue weighted by atomic mass is 32.2. The first kappa shape index (κ1) is 17.7. The van der Waals surface area contributed by atoms with E-state index in [9.17, 15) is 8.42 Å². The molecule has 3 aromatic rings. The van der Waals surface area contributed by atoms with Crippen LogP contribution in [-0.2, 0) is 16.4 Å². The third kappa shape index (κ3) is 3.88. The summed E-state index contributed by atoms with van der Waals surface area (Å²) >= 11 is 0. The van der Waals surface area contributed by atoms with Crippen molar-refractivity contribution < 1.29 is 12.9 Å². The summed E-state index contributed by atoms with van der Waals surface area (Å²) < 4.78 is 33.9. The van der Waals surface area contributed by atoms with Gasteiger partial charge in [-0.2, -0.15) is 4.98 Å². The van der Waals surface area contributed by atoms with Gasteiger partial charge in [-0.1, -0.05) is 35.5 Å². The maximum Gasteiger partial charge on any atom is 0.262 e. The Balaban J connectivity index is 1.61. The monoisotopic (exact) mass is 383 g/mol. The van der Waals surface area contributed by atoms with E-state index in [2.05, 4.69) is 14.9 Å². The molecule has 6 nitrogen and oxygen atoms in total. The first-order chi connectivity index (χ1) is 12.9. The minimum atomic E-state index is -3.70. The quantitative estimate of drug-likeness (QED) is 0.696. The van der Waals surface area contributed by atoms with Crippen molar-refractivity contribution in [3.8, 4) is 0 Å². The maximum atomic E-state index is 12.9. The lowest BCUT2D eigenvalue weighted by atomic mass is 10.1. The van der Waals surface area contributed by atoms with Gasteiger partial charge in [-0.05, 0) is 55.5 Å². The lowest BCUT2D eigenvalue weighted by Crippen LogP contribution is -2.15. The standard InChI is InChI=1S/C20H21N3O3S/c1-13-7-8-14(2)18(11-13)27(24,25)23-17-6-4-3-5-16(17)12-19-21-20(22-26-19)15-9-10-15/h3-8,11,15,23H,9-10,12H2,1-2H3. The summed E-state index contributed by atoms with van der Waals surface area (Å²) in [5.74, 6) is 1.66. The normalized spacial score (nSPS) is 14.3. The van der Waals surface area contributed by atoms with E-state index < -0.39 is 10.0 Å². The van der Waals surface area contributed by atoms with E-state index in [0.717, 1.165) is 29.8 Å². The van der Waals surface area contributed by atoms with Crippen LogP contribution in [0.1, 0.15) is 47.2 Å². The molecular formula is C20H21N3O3S. The van der Waals surface area contributed by atoms with Gasteiger partial charge in [0, 0.05) is 5.92 Å². The van der Waals surface area contributed by atoms with Gasteiger partial charge in [0.25, 0.3) is 10.0 Å². The number of nitrogens with one attached hydrogen (secondary N) is 1. The van der Waals surface area contributed by atoms with Crippen LogP contribution in [0.5, 0.6) is 0 Å². The number of benzene rings is 2. The molecule has 1 fully saturated rings. The molecule has 0 radical (unpaired) electrons. The molecule has 0 atom stereocenters. The van der Waals surface area contributed by atoms with Crippen LogP contribution in [-0.4, -0.2) is 18.6 Å². The van der Waals surface area contributed by atoms with Crippen LogP contribution in [0.25, 0.3) is 0 Å². The van der Waals surface area contributed by atoms with E-state index in [-0.39, 0.29) is 4.90 Å². The number of aromatic nitrogens is 2. The third-order valence-electron chi connectivity index (χ3n) is 4.66. The van der Waals surface area contributed by atoms with Gasteiger partial charge in [0.15, 0.2) is 5.82 Å². The van der Waals surface area contributed by atoms with Crippen molar-refractivity contribution in [1.29, 1.82) is 0 Å². The molecule has 1 N–H and O–H groups in total. The fraction of sp³-hybridized carbons (Fsp3) is 0.300. The van der Waals surface area contributed by atoms with E-state index >= 15 is 0 Å². The van der Waals surface area contributed by atoms with Gasteiger partial charge in [0.05, 0.1) is 17.0 Å². The average molecular weight is 383 g/mol. The van der Waals surface area contributed by atoms with Crippen LogP contribution >= 0.6 is 0 Å². The van der Waals surface area contributed by atoms with Gasteiger partial charge in [-0.25, -0.2) is 8.42 Å². The minimum Gasteiger partial charge on any atom is -0.339 e. The highest BCUT2D eigenvalue weighted by Crippen LogP contribution is 2.38. The van der Waals surface area contributed by atoms with Gasteiger partial charge in [-0.15, -0.1) is 0 Å². The van der Waals surface area contributed by atoms with Crippen molar-refractivity contribution >= 4 is 15.7 Å². The van der Waals surface area contributed by atoms with Crippen LogP contribution in [0.4, 0.5) is 5.69 Å². The summed E-state index contributed by atoms with van der Waals surface area (Å²) in [6.07, 6.45) is 2.58. The molecule has 27 heavy (non-hydrogen) atoms. The van der Waals surface area contributed by atoms with Crippen LogP contribution < -0.4 is 4.72 Å². The van der Waals surface area contributed by atoms with E-state index in [1.807, 2.05) is 31.2 Å². The van der Waals surface area contributed by atoms with Crippen molar-refractivity contribution in [1.82, 2.24) is 10.1 Å². The number of nitrogens with zero attached hydrogens (tertiary/aromatic N) is 2. The summed E-state index contributed by atoms with van der Waals surface area (Å²) in [7, 11) is -3.70. The molecule has 7 heteroatoms. The van der Waals surface area contributed by atoms with Gasteiger partial charge in [0.1, 0.15) is 0 Å². The maximum absolute atomic E-state index is 12.9. The molecule has 0 unspecified atom stereocenters. The van der Waals surface area contributed by atoms with Gasteiger partial charge >= 0.3 is 0 Å². The first-order valence-electron chi connectivity index (χ1n) is 8.93. The number of sulfonamides is 1. The largest absolute Gasteiger partial charge is 0.339 e. The second kappa shape index (κ2) is 6.81. The summed E-state index contributed by atoms with van der Waals surface area (Å²) in [5, 5.41) is 4.02. The lowest BCUT2D eigenvalue weighted by Gasteiger charge is -2.13. The van der Waals surface area contributed by atoms with Gasteiger partial charge in [-0.3, -0.25) is 4.72 Å². The molecular weight excluding hydrogens is 362 g/mol. The Morgan fingerprint density at radius 1 is 1.15 bits per heavy atom. The van der Waals surface area contributed by atoms with Crippen molar-refractivity contribution in [3.05, 3.63) is 70.9 Å². The Bertz CT molecular complexity index is 1090. The molecule has 1 saturated carbocycles. The second-order valence-corrected chi connectivity index (χ2v) is 8.68. The fourth-order valence-corrected chi connectivity index (χ4v) is 4.41. The van der Waals surface area contributed by atoms with Gasteiger partial charge < -0.3 is 4.52 Å². The number of rotatable bonds is 6. The zero-order valence-electron chi connectivity index (χ0n) is 15.3. The molecule has 0 saturated heterocycles. The zero-order chi connectivity index (χ0) is 19.0. The van der Waals surface area contributed by atoms with E-state index in [1.54, 1.807) is 25.1 Å². The molecule has 2 aromatic carbocycles. The van der Waals surface area contributed by atoms with E-state index in [1.165, 1.54) is 0 Å². The van der Waals surface area contributed by atoms with Crippen molar-refractivity contribution in [2.75, 3.05) is 4.72 Å². The van der Waals surface area contributed by atoms with Gasteiger partial charge in [0.2, 0.25) is 5.89 Å².